The number of carbonyl (C=O) groups is 1. The Balaban J connectivity index is 2.52. The van der Waals surface area contributed by atoms with Gasteiger partial charge >= 0.3 is 0 Å². The predicted octanol–water partition coefficient (Wildman–Crippen LogP) is 1.77. The lowest BCUT2D eigenvalue weighted by atomic mass is 10.0. The van der Waals surface area contributed by atoms with Crippen LogP contribution in [0.3, 0.4) is 0 Å². The Hall–Kier alpha value is -1.94. The van der Waals surface area contributed by atoms with E-state index in [0.717, 1.165) is 10.8 Å². The van der Waals surface area contributed by atoms with Gasteiger partial charge in [-0.2, -0.15) is 0 Å². The first-order valence-corrected chi connectivity index (χ1v) is 5.42. The first kappa shape index (κ1) is 11.5. The molecule has 4 heteroatoms. The second-order valence-electron chi connectivity index (χ2n) is 3.72. The van der Waals surface area contributed by atoms with Crippen LogP contribution in [0.15, 0.2) is 30.5 Å². The summed E-state index contributed by atoms with van der Waals surface area (Å²) in [5.41, 5.74) is 6.03. The summed E-state index contributed by atoms with van der Waals surface area (Å²) in [7, 11) is 1.57. The smallest absolute Gasteiger partial charge is 0.221 e. The molecule has 1 aromatic carbocycles. The Labute approximate surface area is 99.4 Å². The van der Waals surface area contributed by atoms with Crippen LogP contribution < -0.4 is 10.5 Å². The average Bonchev–Trinajstić information content (AvgIpc) is 2.37. The molecule has 0 aliphatic heterocycles. The lowest BCUT2D eigenvalue weighted by Gasteiger charge is -2.06. The van der Waals surface area contributed by atoms with Crippen molar-refractivity contribution in [1.29, 1.82) is 0 Å². The van der Waals surface area contributed by atoms with Crippen LogP contribution in [0, 0.1) is 0 Å². The Bertz CT molecular complexity index is 552. The zero-order valence-electron chi connectivity index (χ0n) is 9.64. The molecule has 4 nitrogen and oxygen atoms in total. The van der Waals surface area contributed by atoms with Crippen molar-refractivity contribution in [3.05, 3.63) is 36.0 Å². The molecule has 0 unspecified atom stereocenters. The number of carbonyl (C=O) groups excluding carboxylic acids is 1. The monoisotopic (exact) mass is 230 g/mol. The molecule has 0 saturated carbocycles. The highest BCUT2D eigenvalue weighted by atomic mass is 16.5. The topological polar surface area (TPSA) is 65.2 Å². The number of hydrogen-bond donors (Lipinski definition) is 1. The van der Waals surface area contributed by atoms with Gasteiger partial charge in [-0.05, 0) is 24.1 Å². The number of ether oxygens (including phenoxy) is 1. The molecule has 88 valence electrons. The van der Waals surface area contributed by atoms with Crippen LogP contribution in [0.4, 0.5) is 0 Å². The number of hydrogen-bond acceptors (Lipinski definition) is 4. The maximum atomic E-state index is 11.7. The largest absolute Gasteiger partial charge is 0.481 e. The first-order valence-electron chi connectivity index (χ1n) is 5.42. The van der Waals surface area contributed by atoms with Gasteiger partial charge in [0, 0.05) is 23.6 Å². The molecule has 0 atom stereocenters. The van der Waals surface area contributed by atoms with Gasteiger partial charge in [0.05, 0.1) is 7.11 Å². The van der Waals surface area contributed by atoms with Crippen molar-refractivity contribution in [3.8, 4) is 5.88 Å². The standard InChI is InChI=1S/C13H14N2O2/c1-17-13-11-8-10(12(16)4-6-14)3-2-9(11)5-7-15-13/h2-3,5,7-8H,4,6,14H2,1H3. The second kappa shape index (κ2) is 4.93. The highest BCUT2D eigenvalue weighted by Crippen LogP contribution is 2.24. The van der Waals surface area contributed by atoms with Crippen LogP contribution in [0.1, 0.15) is 16.8 Å². The van der Waals surface area contributed by atoms with Gasteiger partial charge in [0.2, 0.25) is 5.88 Å². The number of ketones is 1. The molecule has 0 aliphatic rings. The SMILES string of the molecule is COc1nccc2ccc(C(=O)CCN)cc12. The highest BCUT2D eigenvalue weighted by Gasteiger charge is 2.08. The van der Waals surface area contributed by atoms with E-state index >= 15 is 0 Å². The van der Waals surface area contributed by atoms with Crippen molar-refractivity contribution < 1.29 is 9.53 Å². The minimum atomic E-state index is 0.0420. The Morgan fingerprint density at radius 3 is 2.94 bits per heavy atom. The predicted molar refractivity (Wildman–Crippen MR) is 66.3 cm³/mol. The maximum Gasteiger partial charge on any atom is 0.221 e. The molecule has 17 heavy (non-hydrogen) atoms. The van der Waals surface area contributed by atoms with Crippen molar-refractivity contribution in [2.24, 2.45) is 5.73 Å². The number of nitrogens with zero attached hydrogens (tertiary/aromatic N) is 1. The Morgan fingerprint density at radius 2 is 2.24 bits per heavy atom. The van der Waals surface area contributed by atoms with E-state index in [0.29, 0.717) is 24.4 Å². The van der Waals surface area contributed by atoms with Gasteiger partial charge in [-0.25, -0.2) is 4.98 Å². The molecule has 0 saturated heterocycles. The lowest BCUT2D eigenvalue weighted by molar-refractivity contribution is 0.0985. The van der Waals surface area contributed by atoms with E-state index in [2.05, 4.69) is 4.98 Å². The van der Waals surface area contributed by atoms with Crippen molar-refractivity contribution in [2.75, 3.05) is 13.7 Å². The molecular weight excluding hydrogens is 216 g/mol. The van der Waals surface area contributed by atoms with Gasteiger partial charge in [-0.3, -0.25) is 4.79 Å². The van der Waals surface area contributed by atoms with Crippen molar-refractivity contribution in [3.63, 3.8) is 0 Å². The van der Waals surface area contributed by atoms with E-state index in [-0.39, 0.29) is 5.78 Å². The molecule has 2 rings (SSSR count). The van der Waals surface area contributed by atoms with Crippen LogP contribution in [0.25, 0.3) is 10.8 Å². The average molecular weight is 230 g/mol. The van der Waals surface area contributed by atoms with E-state index in [1.165, 1.54) is 0 Å². The number of pyridine rings is 1. The fourth-order valence-electron chi connectivity index (χ4n) is 1.75. The van der Waals surface area contributed by atoms with E-state index in [9.17, 15) is 4.79 Å². The third-order valence-electron chi connectivity index (χ3n) is 2.62. The summed E-state index contributed by atoms with van der Waals surface area (Å²) in [6.07, 6.45) is 2.04. The summed E-state index contributed by atoms with van der Waals surface area (Å²) < 4.78 is 5.18. The summed E-state index contributed by atoms with van der Waals surface area (Å²) in [6, 6.07) is 7.39. The number of benzene rings is 1. The molecule has 1 aromatic heterocycles. The van der Waals surface area contributed by atoms with Crippen LogP contribution in [-0.2, 0) is 0 Å². The van der Waals surface area contributed by atoms with Gasteiger partial charge in [0.1, 0.15) is 0 Å². The van der Waals surface area contributed by atoms with E-state index in [1.54, 1.807) is 25.4 Å². The van der Waals surface area contributed by atoms with Gasteiger partial charge < -0.3 is 10.5 Å². The second-order valence-corrected chi connectivity index (χ2v) is 3.72. The first-order chi connectivity index (χ1) is 8.26. The molecule has 0 amide bonds. The van der Waals surface area contributed by atoms with Crippen LogP contribution in [-0.4, -0.2) is 24.4 Å². The normalized spacial score (nSPS) is 10.5. The number of aromatic nitrogens is 1. The highest BCUT2D eigenvalue weighted by molar-refractivity contribution is 6.00. The van der Waals surface area contributed by atoms with Crippen LogP contribution >= 0.6 is 0 Å². The summed E-state index contributed by atoms with van der Waals surface area (Å²) in [4.78, 5) is 15.9. The zero-order valence-corrected chi connectivity index (χ0v) is 9.64. The molecule has 0 spiro atoms. The van der Waals surface area contributed by atoms with Gasteiger partial charge in [-0.1, -0.05) is 12.1 Å². The fourth-order valence-corrected chi connectivity index (χ4v) is 1.75. The lowest BCUT2D eigenvalue weighted by Crippen LogP contribution is -2.08. The molecule has 1 heterocycles. The van der Waals surface area contributed by atoms with Gasteiger partial charge in [-0.15, -0.1) is 0 Å². The minimum Gasteiger partial charge on any atom is -0.481 e. The molecule has 0 fully saturated rings. The van der Waals surface area contributed by atoms with Crippen molar-refractivity contribution >= 4 is 16.6 Å². The van der Waals surface area contributed by atoms with Crippen LogP contribution in [0.5, 0.6) is 5.88 Å². The Kier molecular flexibility index (Phi) is 3.35. The molecule has 0 bridgehead atoms. The number of nitrogens with two attached hydrogens (primary N) is 1. The Morgan fingerprint density at radius 1 is 1.41 bits per heavy atom. The van der Waals surface area contributed by atoms with Gasteiger partial charge in [0.15, 0.2) is 5.78 Å². The number of Topliss-reactive ketones (excluding diaryl/α,β-unsaturated/α-hetero) is 1. The fraction of sp³-hybridized carbons (Fsp3) is 0.231. The number of methoxy groups -OCH3 is 1. The number of fused-ring (bicyclic) bond motifs is 1. The van der Waals surface area contributed by atoms with Crippen LogP contribution in [0.2, 0.25) is 0 Å². The third-order valence-corrected chi connectivity index (χ3v) is 2.62. The van der Waals surface area contributed by atoms with Crippen molar-refractivity contribution in [1.82, 2.24) is 4.98 Å². The van der Waals surface area contributed by atoms with E-state index < -0.39 is 0 Å². The van der Waals surface area contributed by atoms with Gasteiger partial charge in [0.25, 0.3) is 0 Å². The van der Waals surface area contributed by atoms with E-state index in [4.69, 9.17) is 10.5 Å². The third kappa shape index (κ3) is 2.26. The summed E-state index contributed by atoms with van der Waals surface area (Å²) in [5.74, 6) is 0.574. The maximum absolute atomic E-state index is 11.7. The molecule has 2 aromatic rings. The van der Waals surface area contributed by atoms with Crippen molar-refractivity contribution in [2.45, 2.75) is 6.42 Å². The minimum absolute atomic E-state index is 0.0420. The molecule has 0 aliphatic carbocycles. The summed E-state index contributed by atoms with van der Waals surface area (Å²) in [5, 5.41) is 1.85. The molecule has 0 radical (unpaired) electrons. The summed E-state index contributed by atoms with van der Waals surface area (Å²) >= 11 is 0. The molecular formula is C13H14N2O2. The van der Waals surface area contributed by atoms with E-state index in [1.807, 2.05) is 12.1 Å². The molecule has 2 N–H and O–H groups in total. The quantitative estimate of drug-likeness (QED) is 0.813. The zero-order chi connectivity index (χ0) is 12.3. The number of rotatable bonds is 4. The summed E-state index contributed by atoms with van der Waals surface area (Å²) in [6.45, 7) is 0.362.